The average molecular weight is 740 g/mol. The largest absolute Gasteiger partial charge is 0.445 e. The molecule has 3 heterocycles. The third-order valence-electron chi connectivity index (χ3n) is 11.7. The van der Waals surface area contributed by atoms with Gasteiger partial charge in [-0.1, -0.05) is 170 Å². The second kappa shape index (κ2) is 13.8. The Morgan fingerprint density at radius 3 is 2.27 bits per heavy atom. The van der Waals surface area contributed by atoms with Crippen molar-refractivity contribution in [3.63, 3.8) is 0 Å². The van der Waals surface area contributed by atoms with Crippen LogP contribution in [0.25, 0.3) is 42.2 Å². The van der Waals surface area contributed by atoms with Crippen molar-refractivity contribution in [2.45, 2.75) is 37.1 Å². The van der Waals surface area contributed by atoms with E-state index < -0.39 is 0 Å². The smallest absolute Gasteiger partial charge is 0.0635 e. The first kappa shape index (κ1) is 33.1. The third kappa shape index (κ3) is 5.74. The Morgan fingerprint density at radius 2 is 1.41 bits per heavy atom. The van der Waals surface area contributed by atoms with E-state index in [4.69, 9.17) is 10.3 Å². The maximum atomic E-state index is 5.38. The first-order valence-electron chi connectivity index (χ1n) is 19.6. The Labute approximate surface area is 331 Å². The zero-order valence-corrected chi connectivity index (χ0v) is 31.6. The normalized spacial score (nSPS) is 21.3. The summed E-state index contributed by atoms with van der Waals surface area (Å²) in [5.41, 5.74) is 12.2. The third-order valence-corrected chi connectivity index (χ3v) is 12.9. The van der Waals surface area contributed by atoms with E-state index in [1.54, 1.807) is 0 Å². The van der Waals surface area contributed by atoms with Gasteiger partial charge in [0.2, 0.25) is 0 Å². The summed E-state index contributed by atoms with van der Waals surface area (Å²) in [4.78, 5) is 7.93. The molecule has 0 saturated heterocycles. The lowest BCUT2D eigenvalue weighted by Crippen LogP contribution is -2.34. The van der Waals surface area contributed by atoms with E-state index in [2.05, 4.69) is 192 Å². The van der Waals surface area contributed by atoms with Crippen LogP contribution in [-0.4, -0.2) is 11.9 Å². The summed E-state index contributed by atoms with van der Waals surface area (Å²) in [5, 5.41) is 11.8. The average Bonchev–Trinajstić information content (AvgIpc) is 3.83. The Hall–Kier alpha value is -6.27. The van der Waals surface area contributed by atoms with Crippen molar-refractivity contribution in [1.29, 1.82) is 0 Å². The van der Waals surface area contributed by atoms with Crippen LogP contribution in [0.4, 0.5) is 11.4 Å². The molecule has 4 atom stereocenters. The summed E-state index contributed by atoms with van der Waals surface area (Å²) >= 11 is 1.89. The van der Waals surface area contributed by atoms with Crippen LogP contribution in [0.15, 0.2) is 193 Å². The number of amidine groups is 1. The molecule has 0 amide bonds. The molecular formula is C51H39N4S-. The molecule has 0 radical (unpaired) electrons. The van der Waals surface area contributed by atoms with Crippen LogP contribution in [0.5, 0.6) is 0 Å². The van der Waals surface area contributed by atoms with Crippen molar-refractivity contribution in [2.24, 2.45) is 4.99 Å². The number of anilines is 2. The number of nitrogens with one attached hydrogen (secondary N) is 1. The van der Waals surface area contributed by atoms with Crippen LogP contribution in [0.1, 0.15) is 53.3 Å². The molecule has 2 aliphatic carbocycles. The Bertz CT molecular complexity index is 2770. The van der Waals surface area contributed by atoms with Crippen LogP contribution in [0.3, 0.4) is 0 Å². The number of hydrogen-bond donors (Lipinski definition) is 1. The first-order chi connectivity index (χ1) is 27.7. The minimum absolute atomic E-state index is 0.0788. The zero-order valence-electron chi connectivity index (χ0n) is 30.8. The summed E-state index contributed by atoms with van der Waals surface area (Å²) in [6, 6.07) is 52.9. The van der Waals surface area contributed by atoms with Gasteiger partial charge < -0.3 is 20.5 Å². The van der Waals surface area contributed by atoms with Gasteiger partial charge in [-0.25, -0.2) is 0 Å². The van der Waals surface area contributed by atoms with Crippen LogP contribution in [0, 0.1) is 0 Å². The van der Waals surface area contributed by atoms with E-state index in [0.717, 1.165) is 35.4 Å². The van der Waals surface area contributed by atoms with Crippen molar-refractivity contribution < 1.29 is 0 Å². The van der Waals surface area contributed by atoms with Gasteiger partial charge in [-0.2, -0.15) is 0 Å². The molecule has 0 fully saturated rings. The van der Waals surface area contributed by atoms with Gasteiger partial charge in [0.05, 0.1) is 16.4 Å². The number of thiophene rings is 1. The van der Waals surface area contributed by atoms with Crippen LogP contribution in [0.2, 0.25) is 0 Å². The Morgan fingerprint density at radius 1 is 0.679 bits per heavy atom. The lowest BCUT2D eigenvalue weighted by Gasteiger charge is -2.42. The minimum Gasteiger partial charge on any atom is -0.445 e. The van der Waals surface area contributed by atoms with Gasteiger partial charge in [0.15, 0.2) is 0 Å². The number of para-hydroxylation sites is 1. The molecule has 7 aromatic rings. The van der Waals surface area contributed by atoms with Gasteiger partial charge in [-0.05, 0) is 75.6 Å². The van der Waals surface area contributed by atoms with E-state index in [9.17, 15) is 0 Å². The molecule has 0 spiro atoms. The predicted molar refractivity (Wildman–Crippen MR) is 236 cm³/mol. The molecule has 5 heteroatoms. The molecule has 270 valence electrons. The molecule has 4 nitrogen and oxygen atoms in total. The van der Waals surface area contributed by atoms with Crippen molar-refractivity contribution >= 4 is 54.3 Å². The number of benzene rings is 6. The summed E-state index contributed by atoms with van der Waals surface area (Å²) in [6.45, 7) is 0. The standard InChI is InChI=1S/C51H39N4S/c1-3-12-33(13-4-1)35-22-26-37(27-23-35)49-52-50(38-28-24-36(25-29-38)34-14-5-2-6-15-34)54-51(53-49)39-30-31-41-40-16-7-9-19-44(40)55(46(41)32-39)45-20-11-18-43-42-17-8-10-21-47(42)56-48(43)45/h1-5,7-14,16-32,41,46,49-50,52H,6,15H2/q-1. The van der Waals surface area contributed by atoms with Crippen molar-refractivity contribution in [1.82, 2.24) is 5.32 Å². The van der Waals surface area contributed by atoms with Crippen LogP contribution >= 0.6 is 11.3 Å². The molecule has 4 unspecified atom stereocenters. The van der Waals surface area contributed by atoms with Gasteiger partial charge in [-0.3, -0.25) is 0 Å². The molecule has 0 bridgehead atoms. The van der Waals surface area contributed by atoms with E-state index in [1.807, 2.05) is 11.3 Å². The van der Waals surface area contributed by atoms with E-state index in [-0.39, 0.29) is 24.3 Å². The number of nitrogens with zero attached hydrogens (tertiary/aromatic N) is 3. The Kier molecular flexibility index (Phi) is 8.15. The molecule has 56 heavy (non-hydrogen) atoms. The topological polar surface area (TPSA) is 41.7 Å². The van der Waals surface area contributed by atoms with Gasteiger partial charge in [-0.15, -0.1) is 11.3 Å². The number of allylic oxidation sites excluding steroid dienone is 4. The fraction of sp³-hybridized carbons (Fsp3) is 0.118. The van der Waals surface area contributed by atoms with Gasteiger partial charge >= 0.3 is 0 Å². The first-order valence-corrected chi connectivity index (χ1v) is 20.4. The lowest BCUT2D eigenvalue weighted by molar-refractivity contribution is 0.488. The van der Waals surface area contributed by atoms with Gasteiger partial charge in [0.1, 0.15) is 0 Å². The molecule has 2 aliphatic heterocycles. The minimum atomic E-state index is -0.264. The van der Waals surface area contributed by atoms with Crippen LogP contribution in [-0.2, 0) is 0 Å². The molecule has 1 N–H and O–H groups in total. The molecule has 11 rings (SSSR count). The summed E-state index contributed by atoms with van der Waals surface area (Å²) < 4.78 is 2.64. The molecule has 1 aromatic heterocycles. The lowest BCUT2D eigenvalue weighted by atomic mass is 9.88. The molecule has 4 aliphatic rings. The molecule has 6 aromatic carbocycles. The highest BCUT2D eigenvalue weighted by atomic mass is 32.1. The Balaban J connectivity index is 0.988. The maximum absolute atomic E-state index is 5.38. The number of hydrogen-bond acceptors (Lipinski definition) is 4. The monoisotopic (exact) mass is 739 g/mol. The summed E-state index contributed by atoms with van der Waals surface area (Å²) in [6.07, 6.45) is 15.3. The van der Waals surface area contributed by atoms with Crippen molar-refractivity contribution in [2.75, 3.05) is 4.90 Å². The van der Waals surface area contributed by atoms with Crippen molar-refractivity contribution in [3.05, 3.63) is 215 Å². The van der Waals surface area contributed by atoms with Gasteiger partial charge in [0, 0.05) is 39.4 Å². The van der Waals surface area contributed by atoms with Crippen LogP contribution < -0.4 is 10.2 Å². The number of rotatable bonds is 6. The summed E-state index contributed by atoms with van der Waals surface area (Å²) in [5.74, 6) is 0.997. The maximum Gasteiger partial charge on any atom is 0.0635 e. The van der Waals surface area contributed by atoms with E-state index in [0.29, 0.717) is 0 Å². The van der Waals surface area contributed by atoms with Gasteiger partial charge in [0.25, 0.3) is 0 Å². The van der Waals surface area contributed by atoms with Crippen molar-refractivity contribution in [3.8, 4) is 11.1 Å². The molecular weight excluding hydrogens is 701 g/mol. The van der Waals surface area contributed by atoms with E-state index >= 15 is 0 Å². The SMILES string of the molecule is C1=CCCC(c2ccc(C3[N-]C(C4=CC5C(C=C4)c4ccccc4N5c4cccc5c4sc4ccccc45)=NC(c4ccc(-c5ccccc5)cc4)N3)cc2)=C1. The second-order valence-electron chi connectivity index (χ2n) is 15.0. The highest BCUT2D eigenvalue weighted by Crippen LogP contribution is 2.52. The predicted octanol–water partition coefficient (Wildman–Crippen LogP) is 13.3. The number of fused-ring (bicyclic) bond motifs is 6. The summed E-state index contributed by atoms with van der Waals surface area (Å²) in [7, 11) is 0. The fourth-order valence-electron chi connectivity index (χ4n) is 8.90. The van der Waals surface area contributed by atoms with E-state index in [1.165, 1.54) is 59.4 Å². The molecule has 0 saturated carbocycles. The fourth-order valence-corrected chi connectivity index (χ4v) is 10.1. The quantitative estimate of drug-likeness (QED) is 0.184. The highest BCUT2D eigenvalue weighted by molar-refractivity contribution is 7.26. The zero-order chi connectivity index (χ0) is 37.0. The highest BCUT2D eigenvalue weighted by Gasteiger charge is 2.39. The number of aliphatic imine (C=N–C) groups is 1. The second-order valence-corrected chi connectivity index (χ2v) is 16.1.